The number of rotatable bonds is 2. The van der Waals surface area contributed by atoms with Crippen LogP contribution in [-0.4, -0.2) is 34.2 Å². The van der Waals surface area contributed by atoms with Gasteiger partial charge in [-0.05, 0) is 30.5 Å². The van der Waals surface area contributed by atoms with Gasteiger partial charge in [0.05, 0.1) is 11.0 Å². The highest BCUT2D eigenvalue weighted by molar-refractivity contribution is 5.97. The van der Waals surface area contributed by atoms with E-state index in [0.717, 1.165) is 24.0 Å². The van der Waals surface area contributed by atoms with Gasteiger partial charge in [-0.1, -0.05) is 6.92 Å². The molecule has 1 aliphatic rings. The number of β-amino-alcohol motifs (C(OH)–C–C–N with tert-alkyl or cyclic N) is 1. The lowest BCUT2D eigenvalue weighted by atomic mass is 9.95. The summed E-state index contributed by atoms with van der Waals surface area (Å²) in [4.78, 5) is 16.9. The molecule has 2 heterocycles. The minimum absolute atomic E-state index is 0.0141. The predicted molar refractivity (Wildman–Crippen MR) is 80.4 cm³/mol. The van der Waals surface area contributed by atoms with Crippen LogP contribution in [0.25, 0.3) is 10.9 Å². The van der Waals surface area contributed by atoms with Gasteiger partial charge in [0.25, 0.3) is 5.69 Å². The smallest absolute Gasteiger partial charge is 0.295 e. The van der Waals surface area contributed by atoms with Gasteiger partial charge >= 0.3 is 0 Å². The highest BCUT2D eigenvalue weighted by atomic mass is 16.6. The lowest BCUT2D eigenvalue weighted by Gasteiger charge is -2.36. The maximum absolute atomic E-state index is 11.1. The van der Waals surface area contributed by atoms with Crippen LogP contribution in [0.15, 0.2) is 30.5 Å². The number of non-ortho nitro benzene ring substituents is 1. The Kier molecular flexibility index (Phi) is 3.47. The molecule has 1 saturated heterocycles. The monoisotopic (exact) mass is 287 g/mol. The Labute approximate surface area is 122 Å². The van der Waals surface area contributed by atoms with E-state index in [0.29, 0.717) is 12.1 Å². The lowest BCUT2D eigenvalue weighted by Crippen LogP contribution is -2.43. The Bertz CT molecular complexity index is 689. The molecule has 1 N–H and O–H groups in total. The predicted octanol–water partition coefficient (Wildman–Crippen LogP) is 2.35. The van der Waals surface area contributed by atoms with Crippen LogP contribution >= 0.6 is 0 Å². The Morgan fingerprint density at radius 2 is 2.24 bits per heavy atom. The van der Waals surface area contributed by atoms with Crippen molar-refractivity contribution in [3.63, 3.8) is 0 Å². The number of piperidine rings is 1. The average molecular weight is 287 g/mol. The third-order valence-electron chi connectivity index (χ3n) is 4.18. The second-order valence-corrected chi connectivity index (χ2v) is 5.54. The van der Waals surface area contributed by atoms with E-state index in [-0.39, 0.29) is 17.7 Å². The van der Waals surface area contributed by atoms with Crippen LogP contribution in [0.2, 0.25) is 0 Å². The Morgan fingerprint density at radius 3 is 2.95 bits per heavy atom. The first kappa shape index (κ1) is 13.8. The molecule has 0 amide bonds. The quantitative estimate of drug-likeness (QED) is 0.677. The molecule has 21 heavy (non-hydrogen) atoms. The average Bonchev–Trinajstić information content (AvgIpc) is 2.49. The summed E-state index contributed by atoms with van der Waals surface area (Å²) in [6.45, 7) is 3.42. The van der Waals surface area contributed by atoms with Gasteiger partial charge < -0.3 is 10.0 Å². The third kappa shape index (κ3) is 2.42. The van der Waals surface area contributed by atoms with Crippen LogP contribution in [-0.2, 0) is 0 Å². The molecule has 0 radical (unpaired) electrons. The van der Waals surface area contributed by atoms with Gasteiger partial charge in [0.1, 0.15) is 5.52 Å². The van der Waals surface area contributed by atoms with Gasteiger partial charge in [0, 0.05) is 36.4 Å². The molecule has 0 spiro atoms. The molecule has 0 bridgehead atoms. The van der Waals surface area contributed by atoms with Crippen molar-refractivity contribution in [2.45, 2.75) is 19.4 Å². The maximum atomic E-state index is 11.1. The fourth-order valence-electron chi connectivity index (χ4n) is 2.83. The fraction of sp³-hybridized carbons (Fsp3) is 0.400. The summed E-state index contributed by atoms with van der Waals surface area (Å²) >= 11 is 0. The summed E-state index contributed by atoms with van der Waals surface area (Å²) in [6.07, 6.45) is 2.09. The summed E-state index contributed by atoms with van der Waals surface area (Å²) < 4.78 is 0. The zero-order chi connectivity index (χ0) is 15.0. The Morgan fingerprint density at radius 1 is 1.43 bits per heavy atom. The van der Waals surface area contributed by atoms with Crippen molar-refractivity contribution in [2.24, 2.45) is 5.92 Å². The van der Waals surface area contributed by atoms with Crippen molar-refractivity contribution in [3.8, 4) is 0 Å². The standard InChI is InChI=1S/C15H17N3O3/c1-10-6-8-17(9-14(10)19)12-4-5-13(18(20)21)15-11(12)3-2-7-16-15/h2-5,7,10,14,19H,6,8-9H2,1H3. The number of pyridine rings is 1. The molecule has 6 nitrogen and oxygen atoms in total. The van der Waals surface area contributed by atoms with E-state index in [9.17, 15) is 15.2 Å². The van der Waals surface area contributed by atoms with E-state index in [1.165, 1.54) is 6.07 Å². The molecule has 1 aromatic carbocycles. The topological polar surface area (TPSA) is 79.5 Å². The Balaban J connectivity index is 2.08. The van der Waals surface area contributed by atoms with Gasteiger partial charge in [-0.3, -0.25) is 10.1 Å². The van der Waals surface area contributed by atoms with E-state index in [1.807, 2.05) is 13.0 Å². The minimum atomic E-state index is -0.410. The number of aromatic nitrogens is 1. The molecule has 3 rings (SSSR count). The number of hydrogen-bond donors (Lipinski definition) is 1. The molecular weight excluding hydrogens is 270 g/mol. The SMILES string of the molecule is CC1CCN(c2ccc([N+](=O)[O-])c3ncccc23)CC1O. The number of nitro benzene ring substituents is 1. The van der Waals surface area contributed by atoms with E-state index < -0.39 is 4.92 Å². The van der Waals surface area contributed by atoms with Crippen molar-refractivity contribution < 1.29 is 10.0 Å². The van der Waals surface area contributed by atoms with Crippen molar-refractivity contribution in [2.75, 3.05) is 18.0 Å². The van der Waals surface area contributed by atoms with E-state index >= 15 is 0 Å². The molecule has 2 unspecified atom stereocenters. The van der Waals surface area contributed by atoms with Crippen LogP contribution in [0.5, 0.6) is 0 Å². The number of aliphatic hydroxyl groups is 1. The molecule has 1 aromatic heterocycles. The number of hydrogen-bond acceptors (Lipinski definition) is 5. The van der Waals surface area contributed by atoms with Crippen LogP contribution in [0, 0.1) is 16.0 Å². The molecular formula is C15H17N3O3. The second-order valence-electron chi connectivity index (χ2n) is 5.54. The van der Waals surface area contributed by atoms with Crippen molar-refractivity contribution in [1.29, 1.82) is 0 Å². The molecule has 110 valence electrons. The third-order valence-corrected chi connectivity index (χ3v) is 4.18. The van der Waals surface area contributed by atoms with Crippen molar-refractivity contribution in [3.05, 3.63) is 40.6 Å². The summed E-state index contributed by atoms with van der Waals surface area (Å²) in [7, 11) is 0. The molecule has 1 aliphatic heterocycles. The van der Waals surface area contributed by atoms with Gasteiger partial charge in [0.2, 0.25) is 0 Å². The molecule has 2 aromatic rings. The van der Waals surface area contributed by atoms with Crippen LogP contribution in [0.3, 0.4) is 0 Å². The highest BCUT2D eigenvalue weighted by Crippen LogP contribution is 2.34. The zero-order valence-corrected chi connectivity index (χ0v) is 11.8. The summed E-state index contributed by atoms with van der Waals surface area (Å²) in [6, 6.07) is 6.87. The highest BCUT2D eigenvalue weighted by Gasteiger charge is 2.26. The molecule has 0 aliphatic carbocycles. The number of benzene rings is 1. The molecule has 1 fully saturated rings. The van der Waals surface area contributed by atoms with Gasteiger partial charge in [-0.2, -0.15) is 0 Å². The number of nitro groups is 1. The fourth-order valence-corrected chi connectivity index (χ4v) is 2.83. The maximum Gasteiger partial charge on any atom is 0.295 e. The van der Waals surface area contributed by atoms with Crippen LogP contribution < -0.4 is 4.90 Å². The largest absolute Gasteiger partial charge is 0.391 e. The first-order valence-corrected chi connectivity index (χ1v) is 7.03. The lowest BCUT2D eigenvalue weighted by molar-refractivity contribution is -0.383. The molecule has 2 atom stereocenters. The molecule has 0 saturated carbocycles. The number of fused-ring (bicyclic) bond motifs is 1. The van der Waals surface area contributed by atoms with E-state index in [2.05, 4.69) is 9.88 Å². The van der Waals surface area contributed by atoms with Crippen LogP contribution in [0.4, 0.5) is 11.4 Å². The van der Waals surface area contributed by atoms with E-state index in [4.69, 9.17) is 0 Å². The van der Waals surface area contributed by atoms with Crippen LogP contribution in [0.1, 0.15) is 13.3 Å². The summed E-state index contributed by atoms with van der Waals surface area (Å²) in [5.41, 5.74) is 1.31. The number of nitrogens with zero attached hydrogens (tertiary/aromatic N) is 3. The van der Waals surface area contributed by atoms with Crippen molar-refractivity contribution >= 4 is 22.3 Å². The minimum Gasteiger partial charge on any atom is -0.391 e. The Hall–Kier alpha value is -2.21. The first-order chi connectivity index (χ1) is 10.1. The molecule has 6 heteroatoms. The van der Waals surface area contributed by atoms with Crippen molar-refractivity contribution in [1.82, 2.24) is 4.98 Å². The number of aliphatic hydroxyl groups excluding tert-OH is 1. The summed E-state index contributed by atoms with van der Waals surface area (Å²) in [5.74, 6) is 0.281. The normalized spacial score (nSPS) is 22.5. The van der Waals surface area contributed by atoms with Gasteiger partial charge in [-0.25, -0.2) is 4.98 Å². The van der Waals surface area contributed by atoms with Gasteiger partial charge in [-0.15, -0.1) is 0 Å². The van der Waals surface area contributed by atoms with Gasteiger partial charge in [0.15, 0.2) is 0 Å². The zero-order valence-electron chi connectivity index (χ0n) is 11.8. The summed E-state index contributed by atoms with van der Waals surface area (Å²) in [5, 5.41) is 21.9. The van der Waals surface area contributed by atoms with E-state index in [1.54, 1.807) is 18.3 Å². The first-order valence-electron chi connectivity index (χ1n) is 7.03. The number of anilines is 1. The second kappa shape index (κ2) is 5.29.